The monoisotopic (exact) mass is 738 g/mol. The van der Waals surface area contributed by atoms with Crippen LogP contribution in [0.4, 0.5) is 0 Å². The summed E-state index contributed by atoms with van der Waals surface area (Å²) in [5, 5.41) is 7.68. The highest BCUT2D eigenvalue weighted by Crippen LogP contribution is 2.58. The Hall–Kier alpha value is -7.16. The van der Waals surface area contributed by atoms with Gasteiger partial charge in [0.25, 0.3) is 0 Å². The summed E-state index contributed by atoms with van der Waals surface area (Å²) in [7, 11) is 0. The van der Waals surface area contributed by atoms with E-state index in [1.807, 2.05) is 0 Å². The van der Waals surface area contributed by atoms with Crippen LogP contribution in [0.15, 0.2) is 188 Å². The summed E-state index contributed by atoms with van der Waals surface area (Å²) < 4.78 is 4.91. The fourth-order valence-corrected chi connectivity index (χ4v) is 11.0. The summed E-state index contributed by atoms with van der Waals surface area (Å²) in [5.74, 6) is 0.215. The molecule has 0 spiro atoms. The Morgan fingerprint density at radius 3 is 1.78 bits per heavy atom. The third-order valence-corrected chi connectivity index (χ3v) is 13.6. The number of para-hydroxylation sites is 2. The quantitative estimate of drug-likeness (QED) is 0.171. The predicted octanol–water partition coefficient (Wildman–Crippen LogP) is 14.5. The molecule has 11 aromatic rings. The number of hydrogen-bond acceptors (Lipinski definition) is 0. The van der Waals surface area contributed by atoms with Crippen LogP contribution in [-0.4, -0.2) is 9.13 Å². The van der Waals surface area contributed by atoms with E-state index in [2.05, 4.69) is 211 Å². The Labute approximate surface area is 336 Å². The van der Waals surface area contributed by atoms with E-state index < -0.39 is 0 Å². The van der Waals surface area contributed by atoms with Crippen LogP contribution < -0.4 is 0 Å². The zero-order valence-corrected chi connectivity index (χ0v) is 32.4. The Morgan fingerprint density at radius 2 is 1.00 bits per heavy atom. The molecule has 0 bridgehead atoms. The number of aromatic nitrogens is 2. The lowest BCUT2D eigenvalue weighted by atomic mass is 9.65. The highest BCUT2D eigenvalue weighted by molar-refractivity contribution is 6.22. The second-order valence-electron chi connectivity index (χ2n) is 16.9. The van der Waals surface area contributed by atoms with E-state index in [0.717, 1.165) is 0 Å². The smallest absolute Gasteiger partial charge is 0.0547 e. The molecule has 2 aliphatic carbocycles. The maximum absolute atomic E-state index is 2.56. The molecule has 0 saturated heterocycles. The summed E-state index contributed by atoms with van der Waals surface area (Å²) in [6, 6.07) is 70.4. The van der Waals surface area contributed by atoms with Gasteiger partial charge in [-0.15, -0.1) is 0 Å². The van der Waals surface area contributed by atoms with Crippen LogP contribution >= 0.6 is 0 Å². The van der Waals surface area contributed by atoms with E-state index in [4.69, 9.17) is 0 Å². The van der Waals surface area contributed by atoms with Crippen molar-refractivity contribution < 1.29 is 0 Å². The average molecular weight is 739 g/mol. The summed E-state index contributed by atoms with van der Waals surface area (Å²) >= 11 is 0. The highest BCUT2D eigenvalue weighted by atomic mass is 15.0. The molecule has 272 valence electrons. The first-order valence-corrected chi connectivity index (χ1v) is 20.5. The van der Waals surface area contributed by atoms with E-state index in [-0.39, 0.29) is 11.3 Å². The van der Waals surface area contributed by atoms with Crippen LogP contribution in [0, 0.1) is 0 Å². The Kier molecular flexibility index (Phi) is 6.32. The van der Waals surface area contributed by atoms with Crippen molar-refractivity contribution in [2.75, 3.05) is 0 Å². The maximum atomic E-state index is 2.56. The molecule has 13 rings (SSSR count). The van der Waals surface area contributed by atoms with Gasteiger partial charge >= 0.3 is 0 Å². The molecule has 2 nitrogen and oxygen atoms in total. The first-order chi connectivity index (χ1) is 28.5. The molecule has 0 saturated carbocycles. The van der Waals surface area contributed by atoms with Crippen molar-refractivity contribution in [3.8, 4) is 33.6 Å². The van der Waals surface area contributed by atoms with Gasteiger partial charge in [-0.3, -0.25) is 0 Å². The zero-order valence-electron chi connectivity index (χ0n) is 32.4. The molecule has 2 aliphatic rings. The van der Waals surface area contributed by atoms with Gasteiger partial charge in [-0.05, 0) is 128 Å². The van der Waals surface area contributed by atoms with Crippen molar-refractivity contribution >= 4 is 54.4 Å². The fraction of sp³-hybridized carbons (Fsp3) is 0.0714. The van der Waals surface area contributed by atoms with Gasteiger partial charge in [0.05, 0.1) is 22.1 Å². The van der Waals surface area contributed by atoms with Gasteiger partial charge in [-0.1, -0.05) is 135 Å². The largest absolute Gasteiger partial charge is 0.309 e. The average Bonchev–Trinajstić information content (AvgIpc) is 3.91. The van der Waals surface area contributed by atoms with Gasteiger partial charge in [0.15, 0.2) is 0 Å². The minimum absolute atomic E-state index is 0.158. The van der Waals surface area contributed by atoms with E-state index in [1.54, 1.807) is 0 Å². The first kappa shape index (κ1) is 32.0. The van der Waals surface area contributed by atoms with E-state index in [9.17, 15) is 0 Å². The summed E-state index contributed by atoms with van der Waals surface area (Å²) in [4.78, 5) is 0. The first-order valence-electron chi connectivity index (χ1n) is 20.5. The Balaban J connectivity index is 1.09. The number of nitrogens with zero attached hydrogens (tertiary/aromatic N) is 2. The number of fused-ring (bicyclic) bond motifs is 13. The van der Waals surface area contributed by atoms with Gasteiger partial charge in [0.2, 0.25) is 0 Å². The van der Waals surface area contributed by atoms with Gasteiger partial charge in [0.1, 0.15) is 0 Å². The molecule has 2 aromatic heterocycles. The fourth-order valence-electron chi connectivity index (χ4n) is 11.0. The van der Waals surface area contributed by atoms with Crippen molar-refractivity contribution in [1.29, 1.82) is 0 Å². The molecule has 1 atom stereocenters. The summed E-state index contributed by atoms with van der Waals surface area (Å²) in [6.07, 6.45) is 0. The number of rotatable bonds is 3. The summed E-state index contributed by atoms with van der Waals surface area (Å²) in [6.45, 7) is 4.85. The molecular formula is C56H38N2. The Morgan fingerprint density at radius 1 is 0.397 bits per heavy atom. The second kappa shape index (κ2) is 11.5. The zero-order chi connectivity index (χ0) is 38.3. The van der Waals surface area contributed by atoms with E-state index in [0.29, 0.717) is 0 Å². The molecule has 2 heteroatoms. The normalized spacial score (nSPS) is 15.0. The Bertz CT molecular complexity index is 3530. The SMILES string of the molecule is CC1(C)c2cc3c(cc2C2c4ccccc4-c4cccc1c42)c1cc(-c2ccc4c(c2)c2c5ccccc5ccc2n4-c2ccccc2)ccc1n3-c1ccccc1. The molecule has 0 fully saturated rings. The number of benzene rings is 9. The molecule has 2 heterocycles. The minimum atomic E-state index is -0.158. The molecule has 58 heavy (non-hydrogen) atoms. The second-order valence-corrected chi connectivity index (χ2v) is 16.9. The third kappa shape index (κ3) is 4.16. The van der Waals surface area contributed by atoms with Gasteiger partial charge in [-0.25, -0.2) is 0 Å². The topological polar surface area (TPSA) is 9.86 Å². The van der Waals surface area contributed by atoms with Crippen LogP contribution in [0.1, 0.15) is 47.6 Å². The van der Waals surface area contributed by atoms with Crippen molar-refractivity contribution in [2.24, 2.45) is 0 Å². The predicted molar refractivity (Wildman–Crippen MR) is 243 cm³/mol. The van der Waals surface area contributed by atoms with Crippen molar-refractivity contribution in [3.63, 3.8) is 0 Å². The van der Waals surface area contributed by atoms with Crippen LogP contribution in [-0.2, 0) is 5.41 Å². The number of hydrogen-bond donors (Lipinski definition) is 0. The van der Waals surface area contributed by atoms with Crippen molar-refractivity contribution in [1.82, 2.24) is 9.13 Å². The van der Waals surface area contributed by atoms with Gasteiger partial charge in [-0.2, -0.15) is 0 Å². The molecular weight excluding hydrogens is 701 g/mol. The van der Waals surface area contributed by atoms with Crippen molar-refractivity contribution in [2.45, 2.75) is 25.2 Å². The molecule has 0 aliphatic heterocycles. The maximum Gasteiger partial charge on any atom is 0.0547 e. The molecule has 0 radical (unpaired) electrons. The standard InChI is InChI=1S/C56H38N2/c1-56(2)47-23-13-22-42-40-20-11-12-21-41(40)54(55(42)47)45-32-44-43-30-35(25-27-49(43)58(52(44)33-48(45)56)38-17-7-4-8-18-38)36-26-28-50-46(31-36)53-39-19-10-9-14-34(39)24-29-51(53)57(50)37-15-5-3-6-16-37/h3-33,54H,1-2H3. The lowest BCUT2D eigenvalue weighted by molar-refractivity contribution is 0.602. The van der Waals surface area contributed by atoms with Crippen LogP contribution in [0.2, 0.25) is 0 Å². The molecule has 1 unspecified atom stereocenters. The molecule has 9 aromatic carbocycles. The van der Waals surface area contributed by atoms with Crippen molar-refractivity contribution in [3.05, 3.63) is 216 Å². The van der Waals surface area contributed by atoms with E-state index in [1.165, 1.54) is 116 Å². The van der Waals surface area contributed by atoms with Crippen LogP contribution in [0.5, 0.6) is 0 Å². The van der Waals surface area contributed by atoms with Crippen LogP contribution in [0.25, 0.3) is 88.0 Å². The molecule has 0 amide bonds. The van der Waals surface area contributed by atoms with E-state index >= 15 is 0 Å². The lowest BCUT2D eigenvalue weighted by Crippen LogP contribution is -2.29. The van der Waals surface area contributed by atoms with Crippen LogP contribution in [0.3, 0.4) is 0 Å². The third-order valence-electron chi connectivity index (χ3n) is 13.6. The lowest BCUT2D eigenvalue weighted by Gasteiger charge is -2.38. The van der Waals surface area contributed by atoms with Gasteiger partial charge in [0, 0.05) is 44.3 Å². The summed E-state index contributed by atoms with van der Waals surface area (Å²) in [5.41, 5.74) is 19.5. The molecule has 0 N–H and O–H groups in total. The minimum Gasteiger partial charge on any atom is -0.309 e. The van der Waals surface area contributed by atoms with Gasteiger partial charge < -0.3 is 9.13 Å². The highest BCUT2D eigenvalue weighted by Gasteiger charge is 2.43.